The molecule has 13 nitrogen and oxygen atoms in total. The second-order valence-electron chi connectivity index (χ2n) is 25.1. The number of allylic oxidation sites excluding steroid dienone is 3. The number of ketones is 2. The van der Waals surface area contributed by atoms with E-state index in [2.05, 4.69) is 64.0 Å². The molecule has 4 heterocycles. The van der Waals surface area contributed by atoms with Crippen LogP contribution < -0.4 is 5.32 Å². The summed E-state index contributed by atoms with van der Waals surface area (Å²) >= 11 is 0. The number of carbonyl (C=O) groups is 3. The second kappa shape index (κ2) is 18.4. The van der Waals surface area contributed by atoms with Gasteiger partial charge in [0.25, 0.3) is 0 Å². The lowest BCUT2D eigenvalue weighted by molar-refractivity contribution is -0.191. The number of aromatic amines is 2. The minimum atomic E-state index is -1.73. The van der Waals surface area contributed by atoms with E-state index in [1.165, 1.54) is 18.9 Å². The number of ether oxygens (including phenoxy) is 1. The highest BCUT2D eigenvalue weighted by atomic mass is 16.5. The Morgan fingerprint density at radius 1 is 0.958 bits per heavy atom. The topological polar surface area (TPSA) is 210 Å². The average Bonchev–Trinajstić information content (AvgIpc) is 4.18. The maximum Gasteiger partial charge on any atom is 0.313 e. The standard InChI is InChI=1S/C59H78N4O9/c1-32-9-10-35-11-12-40-33(2)22-49(67)57(5,70)54-37(8-6-7-36(23-42(40)41(35)21-32)43-31-72-55(69)50(43)38-14-18-60-28-38)25-59(71)51-44(13-16-58(54,59)17-20-63-29-39-15-19-61-46(39)30-63)56(4)26-48(66)47(65)24-45(56)53(68)52(51)62-27-34(3)64/h11,14-15,18-19,28-30,32-33,36-37,40-45,47-50,54,60-62,65-67,70-71H,8-10,12-13,16-17,20-27,31H2,1-5H3. The van der Waals surface area contributed by atoms with Crippen molar-refractivity contribution in [3.63, 3.8) is 0 Å². The van der Waals surface area contributed by atoms with Gasteiger partial charge in [0, 0.05) is 78.4 Å². The van der Waals surface area contributed by atoms with Gasteiger partial charge in [0.15, 0.2) is 5.78 Å². The van der Waals surface area contributed by atoms with E-state index < -0.39 is 69.9 Å². The molecule has 72 heavy (non-hydrogen) atoms. The fraction of sp³-hybridized carbons (Fsp3) is 0.678. The number of aliphatic hydroxyl groups is 5. The van der Waals surface area contributed by atoms with Crippen molar-refractivity contribution < 1.29 is 44.7 Å². The first-order valence-electron chi connectivity index (χ1n) is 27.4. The van der Waals surface area contributed by atoms with E-state index in [0.717, 1.165) is 42.1 Å². The minimum absolute atomic E-state index is 0.00191. The number of esters is 1. The van der Waals surface area contributed by atoms with Crippen molar-refractivity contribution in [3.05, 3.63) is 71.6 Å². The van der Waals surface area contributed by atoms with Crippen molar-refractivity contribution in [2.24, 2.45) is 75.9 Å². The van der Waals surface area contributed by atoms with Gasteiger partial charge in [0.05, 0.1) is 59.8 Å². The first-order chi connectivity index (χ1) is 34.3. The van der Waals surface area contributed by atoms with Gasteiger partial charge in [-0.15, -0.1) is 5.92 Å². The lowest BCUT2D eigenvalue weighted by Crippen LogP contribution is -2.65. The number of carbonyl (C=O) groups excluding carboxylic acids is 3. The molecule has 11 rings (SSSR count). The third-order valence-corrected chi connectivity index (χ3v) is 21.0. The Hall–Kier alpha value is -4.45. The molecule has 0 bridgehead atoms. The summed E-state index contributed by atoms with van der Waals surface area (Å²) in [6.07, 6.45) is 16.3. The van der Waals surface area contributed by atoms with Crippen LogP contribution in [0.5, 0.6) is 0 Å². The van der Waals surface area contributed by atoms with E-state index >= 15 is 4.79 Å². The molecule has 19 unspecified atom stereocenters. The molecule has 0 aromatic carbocycles. The highest BCUT2D eigenvalue weighted by Gasteiger charge is 2.74. The number of aromatic nitrogens is 3. The highest BCUT2D eigenvalue weighted by Crippen LogP contribution is 2.72. The van der Waals surface area contributed by atoms with Crippen LogP contribution in [-0.2, 0) is 25.7 Å². The summed E-state index contributed by atoms with van der Waals surface area (Å²) in [5, 5.41) is 67.9. The zero-order chi connectivity index (χ0) is 50.6. The van der Waals surface area contributed by atoms with E-state index in [0.29, 0.717) is 56.1 Å². The molecule has 1 saturated heterocycles. The lowest BCUT2D eigenvalue weighted by Gasteiger charge is -2.62. The third kappa shape index (κ3) is 7.93. The number of nitrogens with zero attached hydrogens (tertiary/aromatic N) is 1. The number of hydrogen-bond donors (Lipinski definition) is 8. The van der Waals surface area contributed by atoms with Crippen LogP contribution in [0.3, 0.4) is 0 Å². The van der Waals surface area contributed by atoms with Crippen molar-refractivity contribution in [2.45, 2.75) is 160 Å². The molecule has 13 heteroatoms. The molecule has 8 aliphatic rings. The van der Waals surface area contributed by atoms with Gasteiger partial charge in [-0.1, -0.05) is 38.3 Å². The Morgan fingerprint density at radius 3 is 2.54 bits per heavy atom. The van der Waals surface area contributed by atoms with Crippen molar-refractivity contribution in [3.8, 4) is 11.8 Å². The molecule has 19 atom stereocenters. The van der Waals surface area contributed by atoms with Gasteiger partial charge in [-0.25, -0.2) is 0 Å². The molecule has 7 aliphatic carbocycles. The predicted octanol–water partition coefficient (Wildman–Crippen LogP) is 7.11. The van der Waals surface area contributed by atoms with E-state index in [-0.39, 0.29) is 85.2 Å². The van der Waals surface area contributed by atoms with Gasteiger partial charge in [-0.2, -0.15) is 0 Å². The maximum atomic E-state index is 15.2. The summed E-state index contributed by atoms with van der Waals surface area (Å²) in [5.74, 6) is 5.17. The molecular weight excluding hydrogens is 909 g/mol. The number of rotatable bonds is 8. The first-order valence-corrected chi connectivity index (χ1v) is 27.4. The molecule has 5 fully saturated rings. The zero-order valence-corrected chi connectivity index (χ0v) is 42.9. The maximum absolute atomic E-state index is 15.2. The van der Waals surface area contributed by atoms with Crippen LogP contribution in [0.1, 0.15) is 130 Å². The zero-order valence-electron chi connectivity index (χ0n) is 42.9. The number of cyclic esters (lactones) is 1. The summed E-state index contributed by atoms with van der Waals surface area (Å²) in [7, 11) is 0. The van der Waals surface area contributed by atoms with Crippen molar-refractivity contribution >= 4 is 28.4 Å². The van der Waals surface area contributed by atoms with Gasteiger partial charge in [0.1, 0.15) is 5.78 Å². The van der Waals surface area contributed by atoms with Crippen molar-refractivity contribution in [1.29, 1.82) is 0 Å². The molecular formula is C59H78N4O9. The van der Waals surface area contributed by atoms with E-state index in [1.54, 1.807) is 6.92 Å². The van der Waals surface area contributed by atoms with Crippen LogP contribution in [0.4, 0.5) is 0 Å². The molecule has 3 aromatic heterocycles. The largest absolute Gasteiger partial charge is 0.465 e. The Labute approximate surface area is 424 Å². The van der Waals surface area contributed by atoms with E-state index in [9.17, 15) is 35.1 Å². The van der Waals surface area contributed by atoms with Crippen LogP contribution in [0.25, 0.3) is 10.9 Å². The monoisotopic (exact) mass is 987 g/mol. The van der Waals surface area contributed by atoms with Gasteiger partial charge >= 0.3 is 5.97 Å². The number of aliphatic hydroxyl groups excluding tert-OH is 3. The minimum Gasteiger partial charge on any atom is -0.465 e. The van der Waals surface area contributed by atoms with Gasteiger partial charge in [-0.3, -0.25) is 14.4 Å². The van der Waals surface area contributed by atoms with Crippen LogP contribution in [0.15, 0.2) is 66.0 Å². The van der Waals surface area contributed by atoms with Crippen LogP contribution in [0, 0.1) is 87.8 Å². The fourth-order valence-electron chi connectivity index (χ4n) is 17.6. The first kappa shape index (κ1) is 49.7. The molecule has 8 N–H and O–H groups in total. The van der Waals surface area contributed by atoms with E-state index in [4.69, 9.17) is 4.74 Å². The lowest BCUT2D eigenvalue weighted by atomic mass is 9.44. The Kier molecular flexibility index (Phi) is 12.7. The fourth-order valence-corrected chi connectivity index (χ4v) is 17.6. The molecule has 0 amide bonds. The molecule has 0 radical (unpaired) electrons. The van der Waals surface area contributed by atoms with Crippen molar-refractivity contribution in [1.82, 2.24) is 19.9 Å². The molecule has 4 saturated carbocycles. The Balaban J connectivity index is 1.08. The average molecular weight is 987 g/mol. The van der Waals surface area contributed by atoms with Gasteiger partial charge in [0.2, 0.25) is 0 Å². The van der Waals surface area contributed by atoms with Gasteiger partial charge < -0.3 is 50.1 Å². The van der Waals surface area contributed by atoms with Crippen LogP contribution in [-0.4, -0.2) is 100 Å². The smallest absolute Gasteiger partial charge is 0.313 e. The summed E-state index contributed by atoms with van der Waals surface area (Å²) < 4.78 is 8.07. The number of hydrogen-bond acceptors (Lipinski definition) is 10. The quantitative estimate of drug-likeness (QED) is 0.0652. The summed E-state index contributed by atoms with van der Waals surface area (Å²) in [6.45, 7) is 10.5. The molecule has 388 valence electrons. The SMILES string of the molecule is CC(=O)CNC1=C2C(CCC3(CCn4cc5cc[nH]c5c4)C4C(CC#CC(C5COC(=O)C5c5cc[nH]c5)CC5C6CC(C)CCC6=CCC5C(C)CC(O)C4(C)O)CC23O)C2(C)CC(O)C(O)CC2C1=O. The molecule has 1 aliphatic heterocycles. The summed E-state index contributed by atoms with van der Waals surface area (Å²) in [6, 6.07) is 3.99. The van der Waals surface area contributed by atoms with Crippen molar-refractivity contribution in [2.75, 3.05) is 13.2 Å². The summed E-state index contributed by atoms with van der Waals surface area (Å²) in [4.78, 5) is 48.3. The normalized spacial score (nSPS) is 44.0. The highest BCUT2D eigenvalue weighted by molar-refractivity contribution is 6.00. The number of nitrogens with one attached hydrogen (secondary N) is 3. The number of aryl methyl sites for hydroxylation is 1. The summed E-state index contributed by atoms with van der Waals surface area (Å²) in [5.41, 5.74) is -1.23. The molecule has 0 spiro atoms. The van der Waals surface area contributed by atoms with Crippen LogP contribution >= 0.6 is 0 Å². The van der Waals surface area contributed by atoms with E-state index in [1.807, 2.05) is 37.6 Å². The predicted molar refractivity (Wildman–Crippen MR) is 271 cm³/mol. The Morgan fingerprint density at radius 2 is 1.78 bits per heavy atom. The number of fused-ring (bicyclic) bond motifs is 11. The molecule has 3 aromatic rings. The van der Waals surface area contributed by atoms with Gasteiger partial charge in [-0.05, 0) is 161 Å². The van der Waals surface area contributed by atoms with Crippen LogP contribution in [0.2, 0.25) is 0 Å². The second-order valence-corrected chi connectivity index (χ2v) is 25.1. The number of H-pyrrole nitrogens is 2. The third-order valence-electron chi connectivity index (χ3n) is 21.0. The number of Topliss-reactive ketones (excluding diaryl/α,β-unsaturated/α-hetero) is 2. The Bertz CT molecular complexity index is 2680.